The summed E-state index contributed by atoms with van der Waals surface area (Å²) in [7, 11) is 2.26. The van der Waals surface area contributed by atoms with Crippen LogP contribution in [0.1, 0.15) is 34.1 Å². The van der Waals surface area contributed by atoms with Crippen LogP contribution in [0, 0.1) is 0 Å². The number of ether oxygens (including phenoxy) is 1. The highest BCUT2D eigenvalue weighted by Crippen LogP contribution is 2.05. The van der Waals surface area contributed by atoms with Gasteiger partial charge in [-0.3, -0.25) is 0 Å². The smallest absolute Gasteiger partial charge is 0.183 e. The van der Waals surface area contributed by atoms with Crippen molar-refractivity contribution in [2.75, 3.05) is 26.9 Å². The molecule has 0 aromatic carbocycles. The predicted octanol–water partition coefficient (Wildman–Crippen LogP) is 2.25. The fraction of sp³-hybridized carbons (Fsp3) is 1.00. The standard InChI is InChI=1S/C10H24NO/c1-6-8-11(5,7-2)9-12-10(3)4/h10H,6-9H2,1-5H3/q+1. The lowest BCUT2D eigenvalue weighted by molar-refractivity contribution is -0.927. The van der Waals surface area contributed by atoms with E-state index >= 15 is 0 Å². The molecule has 0 amide bonds. The first-order valence-electron chi connectivity index (χ1n) is 4.99. The molecule has 0 rings (SSSR count). The van der Waals surface area contributed by atoms with Crippen molar-refractivity contribution in [2.24, 2.45) is 0 Å². The Morgan fingerprint density at radius 1 is 1.25 bits per heavy atom. The molecule has 0 aliphatic rings. The van der Waals surface area contributed by atoms with Gasteiger partial charge >= 0.3 is 0 Å². The van der Waals surface area contributed by atoms with Crippen LogP contribution in [0.25, 0.3) is 0 Å². The van der Waals surface area contributed by atoms with Gasteiger partial charge in [-0.25, -0.2) is 0 Å². The molecule has 2 heteroatoms. The largest absolute Gasteiger partial charge is 0.329 e. The average molecular weight is 174 g/mol. The Morgan fingerprint density at radius 2 is 1.83 bits per heavy atom. The highest BCUT2D eigenvalue weighted by atomic mass is 16.5. The third kappa shape index (κ3) is 4.73. The summed E-state index contributed by atoms with van der Waals surface area (Å²) in [6, 6.07) is 0. The quantitative estimate of drug-likeness (QED) is 0.443. The second kappa shape index (κ2) is 5.55. The molecule has 0 heterocycles. The van der Waals surface area contributed by atoms with Crippen molar-refractivity contribution in [3.8, 4) is 0 Å². The number of hydrogen-bond donors (Lipinski definition) is 0. The normalized spacial score (nSPS) is 16.5. The van der Waals surface area contributed by atoms with E-state index < -0.39 is 0 Å². The van der Waals surface area contributed by atoms with Crippen molar-refractivity contribution in [3.05, 3.63) is 0 Å². The van der Waals surface area contributed by atoms with Gasteiger partial charge < -0.3 is 9.22 Å². The van der Waals surface area contributed by atoms with Crippen molar-refractivity contribution >= 4 is 0 Å². The Balaban J connectivity index is 3.78. The summed E-state index contributed by atoms with van der Waals surface area (Å²) in [5, 5.41) is 0. The van der Waals surface area contributed by atoms with E-state index in [9.17, 15) is 0 Å². The molecule has 12 heavy (non-hydrogen) atoms. The van der Waals surface area contributed by atoms with Crippen LogP contribution < -0.4 is 0 Å². The molecule has 0 saturated heterocycles. The summed E-state index contributed by atoms with van der Waals surface area (Å²) in [6.45, 7) is 11.8. The Hall–Kier alpha value is -0.0800. The van der Waals surface area contributed by atoms with Gasteiger partial charge in [-0.2, -0.15) is 0 Å². The van der Waals surface area contributed by atoms with Crippen LogP contribution in [0.4, 0.5) is 0 Å². The minimum Gasteiger partial charge on any atom is -0.329 e. The summed E-state index contributed by atoms with van der Waals surface area (Å²) in [6.07, 6.45) is 1.58. The van der Waals surface area contributed by atoms with Crippen LogP contribution in [0.15, 0.2) is 0 Å². The lowest BCUT2D eigenvalue weighted by Gasteiger charge is -2.33. The molecule has 74 valence electrons. The molecule has 0 fully saturated rings. The number of nitrogens with zero attached hydrogens (tertiary/aromatic N) is 1. The van der Waals surface area contributed by atoms with Crippen LogP contribution in [-0.4, -0.2) is 37.5 Å². The molecule has 1 unspecified atom stereocenters. The van der Waals surface area contributed by atoms with Crippen molar-refractivity contribution in [1.82, 2.24) is 0 Å². The molecule has 0 bridgehead atoms. The Labute approximate surface area is 77.1 Å². The lowest BCUT2D eigenvalue weighted by Crippen LogP contribution is -2.46. The molecule has 0 radical (unpaired) electrons. The van der Waals surface area contributed by atoms with E-state index in [1.807, 2.05) is 0 Å². The first kappa shape index (κ1) is 11.9. The fourth-order valence-corrected chi connectivity index (χ4v) is 1.18. The van der Waals surface area contributed by atoms with Gasteiger partial charge in [0.05, 0.1) is 26.2 Å². The Kier molecular flexibility index (Phi) is 5.51. The van der Waals surface area contributed by atoms with Gasteiger partial charge in [0.25, 0.3) is 0 Å². The van der Waals surface area contributed by atoms with E-state index in [1.165, 1.54) is 13.0 Å². The summed E-state index contributed by atoms with van der Waals surface area (Å²) < 4.78 is 6.66. The molecule has 1 atom stereocenters. The van der Waals surface area contributed by atoms with E-state index in [1.54, 1.807) is 0 Å². The van der Waals surface area contributed by atoms with Crippen molar-refractivity contribution in [3.63, 3.8) is 0 Å². The summed E-state index contributed by atoms with van der Waals surface area (Å²) in [4.78, 5) is 0. The fourth-order valence-electron chi connectivity index (χ4n) is 1.18. The predicted molar refractivity (Wildman–Crippen MR) is 53.0 cm³/mol. The van der Waals surface area contributed by atoms with Crippen molar-refractivity contribution in [2.45, 2.75) is 40.2 Å². The second-order valence-corrected chi connectivity index (χ2v) is 4.00. The topological polar surface area (TPSA) is 9.23 Å². The van der Waals surface area contributed by atoms with Gasteiger partial charge in [-0.05, 0) is 27.2 Å². The van der Waals surface area contributed by atoms with E-state index in [0.29, 0.717) is 6.10 Å². The van der Waals surface area contributed by atoms with Crippen molar-refractivity contribution in [1.29, 1.82) is 0 Å². The van der Waals surface area contributed by atoms with Crippen LogP contribution in [0.2, 0.25) is 0 Å². The Morgan fingerprint density at radius 3 is 2.17 bits per heavy atom. The van der Waals surface area contributed by atoms with Gasteiger partial charge in [0, 0.05) is 0 Å². The maximum absolute atomic E-state index is 5.62. The molecule has 0 aliphatic carbocycles. The first-order valence-corrected chi connectivity index (χ1v) is 4.99. The maximum atomic E-state index is 5.62. The molecule has 0 saturated carbocycles. The van der Waals surface area contributed by atoms with Crippen LogP contribution in [0.5, 0.6) is 0 Å². The molecular formula is C10H24NO+. The highest BCUT2D eigenvalue weighted by molar-refractivity contribution is 4.34. The molecule has 0 aromatic rings. The van der Waals surface area contributed by atoms with Crippen molar-refractivity contribution < 1.29 is 9.22 Å². The summed E-state index contributed by atoms with van der Waals surface area (Å²) in [5.74, 6) is 0. The lowest BCUT2D eigenvalue weighted by atomic mass is 10.3. The molecule has 2 nitrogen and oxygen atoms in total. The molecule has 0 spiro atoms. The van der Waals surface area contributed by atoms with Gasteiger partial charge in [0.15, 0.2) is 6.73 Å². The van der Waals surface area contributed by atoms with Gasteiger partial charge in [-0.15, -0.1) is 0 Å². The van der Waals surface area contributed by atoms with Crippen LogP contribution in [0.3, 0.4) is 0 Å². The highest BCUT2D eigenvalue weighted by Gasteiger charge is 2.17. The Bertz CT molecular complexity index is 114. The summed E-state index contributed by atoms with van der Waals surface area (Å²) in [5.41, 5.74) is 0. The third-order valence-corrected chi connectivity index (χ3v) is 2.25. The van der Waals surface area contributed by atoms with E-state index in [-0.39, 0.29) is 0 Å². The first-order chi connectivity index (χ1) is 5.54. The van der Waals surface area contributed by atoms with Crippen LogP contribution in [-0.2, 0) is 4.74 Å². The van der Waals surface area contributed by atoms with Gasteiger partial charge in [-0.1, -0.05) is 6.92 Å². The van der Waals surface area contributed by atoms with E-state index in [2.05, 4.69) is 34.7 Å². The second-order valence-electron chi connectivity index (χ2n) is 4.00. The zero-order valence-corrected chi connectivity index (χ0v) is 9.26. The van der Waals surface area contributed by atoms with Gasteiger partial charge in [0.2, 0.25) is 0 Å². The van der Waals surface area contributed by atoms with E-state index in [0.717, 1.165) is 17.8 Å². The van der Waals surface area contributed by atoms with Crippen LogP contribution >= 0.6 is 0 Å². The minimum atomic E-state index is 0.353. The number of rotatable bonds is 6. The number of hydrogen-bond acceptors (Lipinski definition) is 1. The average Bonchev–Trinajstić information content (AvgIpc) is 2.02. The summed E-state index contributed by atoms with van der Waals surface area (Å²) >= 11 is 0. The van der Waals surface area contributed by atoms with Gasteiger partial charge in [0.1, 0.15) is 0 Å². The zero-order chi connectivity index (χ0) is 9.61. The molecule has 0 aliphatic heterocycles. The zero-order valence-electron chi connectivity index (χ0n) is 9.26. The third-order valence-electron chi connectivity index (χ3n) is 2.25. The minimum absolute atomic E-state index is 0.353. The maximum Gasteiger partial charge on any atom is 0.183 e. The SMILES string of the molecule is CCC[N+](C)(CC)COC(C)C. The molecule has 0 N–H and O–H groups in total. The molecule has 0 aromatic heterocycles. The number of quaternary nitrogens is 1. The molecular weight excluding hydrogens is 150 g/mol. The monoisotopic (exact) mass is 174 g/mol. The van der Waals surface area contributed by atoms with E-state index in [4.69, 9.17) is 4.74 Å².